The fourth-order valence-electron chi connectivity index (χ4n) is 1.26. The first-order chi connectivity index (χ1) is 7.65. The molecule has 2 aromatic heterocycles. The van der Waals surface area contributed by atoms with Crippen LogP contribution in [-0.4, -0.2) is 21.1 Å². The summed E-state index contributed by atoms with van der Waals surface area (Å²) in [5.74, 6) is 0.0698. The minimum Gasteiger partial charge on any atom is -0.329 e. The Morgan fingerprint density at radius 1 is 1.44 bits per heavy atom. The highest BCUT2D eigenvalue weighted by Crippen LogP contribution is 2.05. The number of aromatic amines is 2. The van der Waals surface area contributed by atoms with Gasteiger partial charge in [-0.25, -0.2) is 0 Å². The van der Waals surface area contributed by atoms with E-state index in [1.54, 1.807) is 6.07 Å². The number of anilines is 1. The highest BCUT2D eigenvalue weighted by molar-refractivity contribution is 6.03. The van der Waals surface area contributed by atoms with E-state index in [2.05, 4.69) is 20.5 Å². The van der Waals surface area contributed by atoms with E-state index in [-0.39, 0.29) is 11.5 Å². The Morgan fingerprint density at radius 3 is 2.88 bits per heavy atom. The molecular formula is C10H10N4O2. The number of aryl methyl sites for hydroxylation is 1. The van der Waals surface area contributed by atoms with Gasteiger partial charge in [-0.05, 0) is 13.0 Å². The summed E-state index contributed by atoms with van der Waals surface area (Å²) in [6, 6.07) is 4.45. The van der Waals surface area contributed by atoms with Crippen LogP contribution in [0.2, 0.25) is 0 Å². The van der Waals surface area contributed by atoms with E-state index in [1.807, 2.05) is 6.92 Å². The number of rotatable bonds is 2. The molecule has 0 aliphatic heterocycles. The lowest BCUT2D eigenvalue weighted by molar-refractivity contribution is 0.102. The molecule has 0 bridgehead atoms. The minimum atomic E-state index is -0.363. The predicted octanol–water partition coefficient (Wildman–Crippen LogP) is 0.659. The third kappa shape index (κ3) is 2.17. The standard InChI is InChI=1S/C10H10N4O2/c1-6-4-8(14-13-6)12-10(16)7-2-3-11-9(15)5-7/h2-5H,1H3,(H,11,15)(H2,12,13,14,16). The summed E-state index contributed by atoms with van der Waals surface area (Å²) in [6.07, 6.45) is 1.42. The van der Waals surface area contributed by atoms with Gasteiger partial charge in [-0.2, -0.15) is 5.10 Å². The molecule has 0 saturated carbocycles. The number of hydrogen-bond acceptors (Lipinski definition) is 3. The van der Waals surface area contributed by atoms with Crippen LogP contribution in [0.3, 0.4) is 0 Å². The molecule has 0 aliphatic rings. The Morgan fingerprint density at radius 2 is 2.25 bits per heavy atom. The van der Waals surface area contributed by atoms with E-state index in [1.165, 1.54) is 18.3 Å². The van der Waals surface area contributed by atoms with E-state index >= 15 is 0 Å². The highest BCUT2D eigenvalue weighted by Gasteiger charge is 2.07. The van der Waals surface area contributed by atoms with Crippen LogP contribution in [0.5, 0.6) is 0 Å². The van der Waals surface area contributed by atoms with Gasteiger partial charge in [-0.1, -0.05) is 0 Å². The molecule has 6 nitrogen and oxygen atoms in total. The van der Waals surface area contributed by atoms with Crippen LogP contribution < -0.4 is 10.9 Å². The highest BCUT2D eigenvalue weighted by atomic mass is 16.2. The molecule has 1 amide bonds. The second-order valence-electron chi connectivity index (χ2n) is 3.33. The summed E-state index contributed by atoms with van der Waals surface area (Å²) < 4.78 is 0. The fraction of sp³-hybridized carbons (Fsp3) is 0.100. The number of carbonyl (C=O) groups is 1. The van der Waals surface area contributed by atoms with Crippen LogP contribution in [-0.2, 0) is 0 Å². The largest absolute Gasteiger partial charge is 0.329 e. The number of carbonyl (C=O) groups excluding carboxylic acids is 1. The Labute approximate surface area is 90.7 Å². The molecule has 0 radical (unpaired) electrons. The fourth-order valence-corrected chi connectivity index (χ4v) is 1.26. The van der Waals surface area contributed by atoms with Gasteiger partial charge < -0.3 is 10.3 Å². The van der Waals surface area contributed by atoms with Crippen LogP contribution in [0.4, 0.5) is 5.82 Å². The van der Waals surface area contributed by atoms with Gasteiger partial charge in [0.15, 0.2) is 5.82 Å². The number of hydrogen-bond donors (Lipinski definition) is 3. The number of H-pyrrole nitrogens is 2. The predicted molar refractivity (Wildman–Crippen MR) is 58.3 cm³/mol. The molecule has 0 saturated heterocycles. The molecule has 2 aromatic rings. The maximum Gasteiger partial charge on any atom is 0.257 e. The zero-order valence-corrected chi connectivity index (χ0v) is 8.57. The Hall–Kier alpha value is -2.37. The van der Waals surface area contributed by atoms with Gasteiger partial charge >= 0.3 is 0 Å². The molecular weight excluding hydrogens is 208 g/mol. The molecule has 0 aliphatic carbocycles. The smallest absolute Gasteiger partial charge is 0.257 e. The number of nitrogens with one attached hydrogen (secondary N) is 3. The van der Waals surface area contributed by atoms with Crippen LogP contribution in [0.25, 0.3) is 0 Å². The first-order valence-corrected chi connectivity index (χ1v) is 4.67. The summed E-state index contributed by atoms with van der Waals surface area (Å²) in [4.78, 5) is 25.1. The van der Waals surface area contributed by atoms with Crippen molar-refractivity contribution in [3.05, 3.63) is 46.0 Å². The van der Waals surface area contributed by atoms with Crippen molar-refractivity contribution in [2.75, 3.05) is 5.32 Å². The van der Waals surface area contributed by atoms with Gasteiger partial charge in [-0.3, -0.25) is 14.7 Å². The Balaban J connectivity index is 2.17. The van der Waals surface area contributed by atoms with Gasteiger partial charge in [0, 0.05) is 29.6 Å². The summed E-state index contributed by atoms with van der Waals surface area (Å²) in [5, 5.41) is 9.14. The van der Waals surface area contributed by atoms with Crippen molar-refractivity contribution < 1.29 is 4.79 Å². The average molecular weight is 218 g/mol. The second-order valence-corrected chi connectivity index (χ2v) is 3.33. The van der Waals surface area contributed by atoms with Crippen LogP contribution >= 0.6 is 0 Å². The number of amides is 1. The summed E-state index contributed by atoms with van der Waals surface area (Å²) >= 11 is 0. The molecule has 3 N–H and O–H groups in total. The average Bonchev–Trinajstić information content (AvgIpc) is 2.64. The summed E-state index contributed by atoms with van der Waals surface area (Å²) in [7, 11) is 0. The summed E-state index contributed by atoms with van der Waals surface area (Å²) in [6.45, 7) is 1.83. The monoisotopic (exact) mass is 218 g/mol. The maximum absolute atomic E-state index is 11.7. The van der Waals surface area contributed by atoms with E-state index in [0.29, 0.717) is 11.4 Å². The third-order valence-electron chi connectivity index (χ3n) is 1.98. The maximum atomic E-state index is 11.7. The Kier molecular flexibility index (Phi) is 2.55. The van der Waals surface area contributed by atoms with Crippen molar-refractivity contribution in [2.45, 2.75) is 6.92 Å². The SMILES string of the molecule is Cc1cc(NC(=O)c2cc[nH]c(=O)c2)n[nH]1. The van der Waals surface area contributed by atoms with Crippen molar-refractivity contribution in [3.63, 3.8) is 0 Å². The van der Waals surface area contributed by atoms with Crippen molar-refractivity contribution in [1.82, 2.24) is 15.2 Å². The molecule has 16 heavy (non-hydrogen) atoms. The van der Waals surface area contributed by atoms with Gasteiger partial charge in [-0.15, -0.1) is 0 Å². The minimum absolute atomic E-state index is 0.296. The molecule has 0 fully saturated rings. The lowest BCUT2D eigenvalue weighted by atomic mass is 10.2. The third-order valence-corrected chi connectivity index (χ3v) is 1.98. The molecule has 0 aromatic carbocycles. The van der Waals surface area contributed by atoms with Gasteiger partial charge in [0.05, 0.1) is 0 Å². The summed E-state index contributed by atoms with van der Waals surface area (Å²) in [5.41, 5.74) is 0.830. The molecule has 82 valence electrons. The number of pyridine rings is 1. The van der Waals surface area contributed by atoms with Gasteiger partial charge in [0.1, 0.15) is 0 Å². The molecule has 2 heterocycles. The van der Waals surface area contributed by atoms with Crippen molar-refractivity contribution >= 4 is 11.7 Å². The van der Waals surface area contributed by atoms with Gasteiger partial charge in [0.25, 0.3) is 5.91 Å². The molecule has 0 atom stereocenters. The number of nitrogens with zero attached hydrogens (tertiary/aromatic N) is 1. The van der Waals surface area contributed by atoms with Crippen molar-refractivity contribution in [2.24, 2.45) is 0 Å². The van der Waals surface area contributed by atoms with Gasteiger partial charge in [0.2, 0.25) is 5.56 Å². The van der Waals surface area contributed by atoms with Crippen molar-refractivity contribution in [3.8, 4) is 0 Å². The lowest BCUT2D eigenvalue weighted by Crippen LogP contribution is -2.15. The van der Waals surface area contributed by atoms with E-state index in [0.717, 1.165) is 5.69 Å². The Bertz CT molecular complexity index is 570. The van der Waals surface area contributed by atoms with Crippen LogP contribution in [0.1, 0.15) is 16.1 Å². The molecule has 0 unspecified atom stereocenters. The zero-order chi connectivity index (χ0) is 11.5. The molecule has 0 spiro atoms. The van der Waals surface area contributed by atoms with Crippen molar-refractivity contribution in [1.29, 1.82) is 0 Å². The zero-order valence-electron chi connectivity index (χ0n) is 8.57. The first kappa shape index (κ1) is 10.2. The first-order valence-electron chi connectivity index (χ1n) is 4.67. The molecule has 2 rings (SSSR count). The van der Waals surface area contributed by atoms with E-state index < -0.39 is 0 Å². The topological polar surface area (TPSA) is 90.6 Å². The van der Waals surface area contributed by atoms with Crippen LogP contribution in [0.15, 0.2) is 29.2 Å². The van der Waals surface area contributed by atoms with E-state index in [4.69, 9.17) is 0 Å². The normalized spacial score (nSPS) is 10.1. The quantitative estimate of drug-likeness (QED) is 0.691. The lowest BCUT2D eigenvalue weighted by Gasteiger charge is -2.00. The second kappa shape index (κ2) is 4.01. The van der Waals surface area contributed by atoms with E-state index in [9.17, 15) is 9.59 Å². The van der Waals surface area contributed by atoms with Crippen LogP contribution in [0, 0.1) is 6.92 Å². The number of aromatic nitrogens is 3. The molecule has 6 heteroatoms.